The number of benzene rings is 2. The van der Waals surface area contributed by atoms with E-state index in [4.69, 9.17) is 21.7 Å². The molecule has 3 rings (SSSR count). The largest absolute Gasteiger partial charge is 0.493 e. The topological polar surface area (TPSA) is 58.3 Å². The molecule has 2 aromatic carbocycles. The summed E-state index contributed by atoms with van der Waals surface area (Å²) in [6, 6.07) is 14.5. The number of fused-ring (bicyclic) bond motifs is 1. The Morgan fingerprint density at radius 1 is 1.04 bits per heavy atom. The van der Waals surface area contributed by atoms with Crippen molar-refractivity contribution in [2.75, 3.05) is 20.8 Å². The van der Waals surface area contributed by atoms with Crippen LogP contribution in [0.3, 0.4) is 0 Å². The molecule has 0 saturated carbocycles. The predicted octanol–water partition coefficient (Wildman–Crippen LogP) is 4.19. The second kappa shape index (κ2) is 8.97. The van der Waals surface area contributed by atoms with E-state index in [0.717, 1.165) is 16.8 Å². The number of rotatable bonds is 7. The molecule has 3 N–H and O–H groups in total. The van der Waals surface area contributed by atoms with E-state index in [2.05, 4.69) is 59.9 Å². The summed E-state index contributed by atoms with van der Waals surface area (Å²) < 4.78 is 11.2. The maximum Gasteiger partial charge on any atom is 0.166 e. The Balaban J connectivity index is 2.04. The maximum absolute atomic E-state index is 5.72. The Morgan fingerprint density at radius 2 is 1.82 bits per heavy atom. The molecular formula is C22H27N3O2S. The zero-order valence-electron chi connectivity index (χ0n) is 16.7. The Labute approximate surface area is 171 Å². The van der Waals surface area contributed by atoms with Crippen LogP contribution < -0.4 is 20.1 Å². The third-order valence-corrected chi connectivity index (χ3v) is 4.95. The van der Waals surface area contributed by atoms with Gasteiger partial charge in [-0.15, -0.1) is 0 Å². The molecule has 0 aliphatic rings. The number of ether oxygens (including phenoxy) is 2. The van der Waals surface area contributed by atoms with Gasteiger partial charge in [-0.05, 0) is 43.8 Å². The lowest BCUT2D eigenvalue weighted by molar-refractivity contribution is 0.350. The molecule has 0 aliphatic heterocycles. The van der Waals surface area contributed by atoms with Gasteiger partial charge in [0.15, 0.2) is 16.6 Å². The Bertz CT molecular complexity index is 952. The molecular weight excluding hydrogens is 370 g/mol. The molecule has 148 valence electrons. The molecule has 1 aromatic heterocycles. The fourth-order valence-electron chi connectivity index (χ4n) is 3.46. The minimum Gasteiger partial charge on any atom is -0.493 e. The van der Waals surface area contributed by atoms with Gasteiger partial charge in [-0.3, -0.25) is 0 Å². The zero-order chi connectivity index (χ0) is 20.1. The smallest absolute Gasteiger partial charge is 0.166 e. The summed E-state index contributed by atoms with van der Waals surface area (Å²) in [5, 5.41) is 8.43. The third-order valence-electron chi connectivity index (χ3n) is 4.69. The van der Waals surface area contributed by atoms with E-state index in [-0.39, 0.29) is 12.0 Å². The number of H-pyrrole nitrogens is 1. The molecule has 0 aliphatic carbocycles. The van der Waals surface area contributed by atoms with Crippen molar-refractivity contribution in [1.82, 2.24) is 15.6 Å². The first-order valence-corrected chi connectivity index (χ1v) is 9.77. The van der Waals surface area contributed by atoms with Crippen LogP contribution >= 0.6 is 12.2 Å². The van der Waals surface area contributed by atoms with Gasteiger partial charge < -0.3 is 25.1 Å². The average Bonchev–Trinajstić information content (AvgIpc) is 3.11. The molecule has 28 heavy (non-hydrogen) atoms. The van der Waals surface area contributed by atoms with Gasteiger partial charge in [0, 0.05) is 41.2 Å². The number of aromatic nitrogens is 1. The minimum atomic E-state index is 0.0214. The Morgan fingerprint density at radius 3 is 2.54 bits per heavy atom. The van der Waals surface area contributed by atoms with Crippen LogP contribution in [0.25, 0.3) is 10.9 Å². The van der Waals surface area contributed by atoms with Crippen LogP contribution in [0.15, 0.2) is 48.7 Å². The fraction of sp³-hybridized carbons (Fsp3) is 0.318. The van der Waals surface area contributed by atoms with Crippen molar-refractivity contribution in [2.24, 2.45) is 0 Å². The van der Waals surface area contributed by atoms with Gasteiger partial charge in [-0.2, -0.15) is 0 Å². The van der Waals surface area contributed by atoms with Crippen LogP contribution in [0.1, 0.15) is 30.9 Å². The number of para-hydroxylation sites is 2. The summed E-state index contributed by atoms with van der Waals surface area (Å²) in [7, 11) is 3.33. The molecule has 1 heterocycles. The minimum absolute atomic E-state index is 0.0214. The molecule has 0 saturated heterocycles. The van der Waals surface area contributed by atoms with Crippen molar-refractivity contribution in [3.8, 4) is 11.5 Å². The van der Waals surface area contributed by atoms with Gasteiger partial charge in [-0.25, -0.2) is 0 Å². The van der Waals surface area contributed by atoms with Gasteiger partial charge in [0.05, 0.1) is 14.2 Å². The molecule has 0 unspecified atom stereocenters. The van der Waals surface area contributed by atoms with Crippen molar-refractivity contribution in [1.29, 1.82) is 0 Å². The summed E-state index contributed by atoms with van der Waals surface area (Å²) in [5.41, 5.74) is 3.33. The summed E-state index contributed by atoms with van der Waals surface area (Å²) in [6.07, 6.45) is 2.06. The first-order valence-electron chi connectivity index (χ1n) is 9.36. The highest BCUT2D eigenvalue weighted by molar-refractivity contribution is 7.80. The highest BCUT2D eigenvalue weighted by Crippen LogP contribution is 2.40. The van der Waals surface area contributed by atoms with E-state index < -0.39 is 0 Å². The van der Waals surface area contributed by atoms with E-state index in [1.54, 1.807) is 14.2 Å². The lowest BCUT2D eigenvalue weighted by atomic mass is 9.90. The normalized spacial score (nSPS) is 12.0. The highest BCUT2D eigenvalue weighted by atomic mass is 32.1. The molecule has 5 nitrogen and oxygen atoms in total. The van der Waals surface area contributed by atoms with Crippen LogP contribution in [-0.2, 0) is 0 Å². The van der Waals surface area contributed by atoms with Crippen LogP contribution in [0.5, 0.6) is 11.5 Å². The maximum atomic E-state index is 5.72. The second-order valence-electron chi connectivity index (χ2n) is 6.93. The van der Waals surface area contributed by atoms with Crippen molar-refractivity contribution in [3.05, 3.63) is 59.8 Å². The zero-order valence-corrected chi connectivity index (χ0v) is 17.5. The number of thiocarbonyl (C=S) groups is 1. The molecule has 0 spiro atoms. The van der Waals surface area contributed by atoms with Crippen LogP contribution in [-0.4, -0.2) is 36.9 Å². The van der Waals surface area contributed by atoms with E-state index >= 15 is 0 Å². The van der Waals surface area contributed by atoms with Gasteiger partial charge in [-0.1, -0.05) is 30.3 Å². The van der Waals surface area contributed by atoms with E-state index in [1.807, 2.05) is 18.2 Å². The van der Waals surface area contributed by atoms with Crippen molar-refractivity contribution >= 4 is 28.2 Å². The van der Waals surface area contributed by atoms with Gasteiger partial charge in [0.1, 0.15) is 0 Å². The standard InChI is InChI=1S/C22H27N3O2S/c1-14(2)25-22(28)24-13-18(16-9-7-11-20(26-3)21(16)27-4)17-12-23-19-10-6-5-8-15(17)19/h5-12,14,18,23H,13H2,1-4H3,(H2,24,25,28)/t18-/m0/s1. The monoisotopic (exact) mass is 397 g/mol. The average molecular weight is 398 g/mol. The van der Waals surface area contributed by atoms with Crippen molar-refractivity contribution in [3.63, 3.8) is 0 Å². The van der Waals surface area contributed by atoms with Crippen LogP contribution in [0, 0.1) is 0 Å². The Kier molecular flexibility index (Phi) is 6.41. The summed E-state index contributed by atoms with van der Waals surface area (Å²) in [6.45, 7) is 4.76. The van der Waals surface area contributed by atoms with Crippen LogP contribution in [0.2, 0.25) is 0 Å². The quantitative estimate of drug-likeness (QED) is 0.522. The molecule has 0 fully saturated rings. The fourth-order valence-corrected chi connectivity index (χ4v) is 3.78. The van der Waals surface area contributed by atoms with Gasteiger partial charge in [0.2, 0.25) is 0 Å². The number of hydrogen-bond donors (Lipinski definition) is 3. The van der Waals surface area contributed by atoms with Gasteiger partial charge >= 0.3 is 0 Å². The van der Waals surface area contributed by atoms with Crippen molar-refractivity contribution < 1.29 is 9.47 Å². The molecule has 0 amide bonds. The molecule has 0 bridgehead atoms. The highest BCUT2D eigenvalue weighted by Gasteiger charge is 2.23. The predicted molar refractivity (Wildman–Crippen MR) is 119 cm³/mol. The number of hydrogen-bond acceptors (Lipinski definition) is 3. The summed E-state index contributed by atoms with van der Waals surface area (Å²) in [4.78, 5) is 3.38. The van der Waals surface area contributed by atoms with E-state index in [0.29, 0.717) is 17.4 Å². The lowest BCUT2D eigenvalue weighted by Crippen LogP contribution is -2.41. The van der Waals surface area contributed by atoms with E-state index in [1.165, 1.54) is 10.9 Å². The van der Waals surface area contributed by atoms with Crippen molar-refractivity contribution in [2.45, 2.75) is 25.8 Å². The number of nitrogens with one attached hydrogen (secondary N) is 3. The number of aromatic amines is 1. The van der Waals surface area contributed by atoms with E-state index in [9.17, 15) is 0 Å². The molecule has 0 radical (unpaired) electrons. The second-order valence-corrected chi connectivity index (χ2v) is 7.34. The SMILES string of the molecule is COc1cccc([C@H](CNC(=S)NC(C)C)c2c[nH]c3ccccc23)c1OC. The number of methoxy groups -OCH3 is 2. The van der Waals surface area contributed by atoms with Gasteiger partial charge in [0.25, 0.3) is 0 Å². The summed E-state index contributed by atoms with van der Waals surface area (Å²) in [5.74, 6) is 1.48. The first kappa shape index (κ1) is 20.0. The molecule has 3 aromatic rings. The molecule has 1 atom stereocenters. The lowest BCUT2D eigenvalue weighted by Gasteiger charge is -2.23. The van der Waals surface area contributed by atoms with Crippen LogP contribution in [0.4, 0.5) is 0 Å². The summed E-state index contributed by atoms with van der Waals surface area (Å²) >= 11 is 5.45. The Hall–Kier alpha value is -2.73. The molecule has 6 heteroatoms. The third kappa shape index (κ3) is 4.22. The first-order chi connectivity index (χ1) is 13.5.